The van der Waals surface area contributed by atoms with Crippen LogP contribution in [0.2, 0.25) is 0 Å². The summed E-state index contributed by atoms with van der Waals surface area (Å²) < 4.78 is 27.5. The van der Waals surface area contributed by atoms with Crippen LogP contribution in [0.4, 0.5) is 0 Å². The Labute approximate surface area is 132 Å². The van der Waals surface area contributed by atoms with E-state index in [0.717, 1.165) is 17.5 Å². The van der Waals surface area contributed by atoms with E-state index in [4.69, 9.17) is 0 Å². The molecule has 0 N–H and O–H groups in total. The second-order valence-electron chi connectivity index (χ2n) is 5.61. The van der Waals surface area contributed by atoms with Crippen molar-refractivity contribution in [1.82, 2.24) is 4.31 Å². The Morgan fingerprint density at radius 3 is 2.32 bits per heavy atom. The molecule has 0 spiro atoms. The third kappa shape index (κ3) is 2.49. The topological polar surface area (TPSA) is 37.4 Å². The Kier molecular flexibility index (Phi) is 3.89. The van der Waals surface area contributed by atoms with Gasteiger partial charge >= 0.3 is 0 Å². The Morgan fingerprint density at radius 1 is 1.09 bits per heavy atom. The van der Waals surface area contributed by atoms with Crippen molar-refractivity contribution in [3.63, 3.8) is 0 Å². The van der Waals surface area contributed by atoms with Crippen LogP contribution in [0.5, 0.6) is 0 Å². The van der Waals surface area contributed by atoms with Crippen LogP contribution in [0.3, 0.4) is 0 Å². The lowest BCUT2D eigenvalue weighted by Gasteiger charge is -2.46. The van der Waals surface area contributed by atoms with Gasteiger partial charge in [-0.05, 0) is 31.0 Å². The van der Waals surface area contributed by atoms with Crippen LogP contribution < -0.4 is 0 Å². The number of aryl methyl sites for hydroxylation is 1. The monoisotopic (exact) mass is 313 g/mol. The van der Waals surface area contributed by atoms with Gasteiger partial charge in [0.1, 0.15) is 0 Å². The molecule has 0 amide bonds. The Morgan fingerprint density at radius 2 is 1.73 bits per heavy atom. The van der Waals surface area contributed by atoms with E-state index in [-0.39, 0.29) is 12.1 Å². The second kappa shape index (κ2) is 5.71. The van der Waals surface area contributed by atoms with E-state index in [1.165, 1.54) is 0 Å². The van der Waals surface area contributed by atoms with Crippen molar-refractivity contribution in [3.8, 4) is 0 Å². The van der Waals surface area contributed by atoms with Crippen molar-refractivity contribution in [3.05, 3.63) is 78.4 Å². The summed E-state index contributed by atoms with van der Waals surface area (Å²) in [5.41, 5.74) is 2.07. The highest BCUT2D eigenvalue weighted by Crippen LogP contribution is 2.43. The minimum absolute atomic E-state index is 0.115. The summed E-state index contributed by atoms with van der Waals surface area (Å²) in [6, 6.07) is 16.5. The van der Waals surface area contributed by atoms with Gasteiger partial charge in [0.05, 0.1) is 10.9 Å². The van der Waals surface area contributed by atoms with Crippen LogP contribution in [-0.2, 0) is 10.0 Å². The van der Waals surface area contributed by atoms with Gasteiger partial charge in [-0.2, -0.15) is 4.31 Å². The summed E-state index contributed by atoms with van der Waals surface area (Å²) in [6.07, 6.45) is 2.49. The Bertz CT molecular complexity index is 766. The van der Waals surface area contributed by atoms with E-state index in [9.17, 15) is 8.42 Å². The van der Waals surface area contributed by atoms with Gasteiger partial charge in [-0.3, -0.25) is 0 Å². The van der Waals surface area contributed by atoms with E-state index in [1.54, 1.807) is 22.5 Å². The van der Waals surface area contributed by atoms with Crippen LogP contribution >= 0.6 is 0 Å². The van der Waals surface area contributed by atoms with E-state index in [0.29, 0.717) is 4.90 Å². The van der Waals surface area contributed by atoms with Crippen molar-refractivity contribution < 1.29 is 8.42 Å². The zero-order valence-corrected chi connectivity index (χ0v) is 13.3. The average Bonchev–Trinajstić information content (AvgIpc) is 2.48. The average molecular weight is 313 g/mol. The fraction of sp³-hybridized carbons (Fsp3) is 0.222. The molecule has 0 radical (unpaired) electrons. The first-order chi connectivity index (χ1) is 10.5. The molecule has 1 fully saturated rings. The van der Waals surface area contributed by atoms with E-state index < -0.39 is 10.0 Å². The molecule has 1 aliphatic rings. The Hall–Kier alpha value is -1.91. The summed E-state index contributed by atoms with van der Waals surface area (Å²) in [7, 11) is -3.52. The maximum Gasteiger partial charge on any atom is 0.244 e. The zero-order valence-electron chi connectivity index (χ0n) is 12.5. The minimum atomic E-state index is -3.52. The molecule has 1 saturated heterocycles. The summed E-state index contributed by atoms with van der Waals surface area (Å²) in [6.45, 7) is 5.72. The summed E-state index contributed by atoms with van der Waals surface area (Å²) >= 11 is 0. The number of rotatable bonds is 4. The fourth-order valence-corrected chi connectivity index (χ4v) is 4.66. The molecule has 3 nitrogen and oxygen atoms in total. The van der Waals surface area contributed by atoms with Gasteiger partial charge in [-0.1, -0.05) is 54.1 Å². The van der Waals surface area contributed by atoms with Crippen molar-refractivity contribution >= 4 is 10.0 Å². The maximum absolute atomic E-state index is 13.0. The largest absolute Gasteiger partial charge is 0.244 e. The first kappa shape index (κ1) is 15.0. The van der Waals surface area contributed by atoms with Crippen molar-refractivity contribution in [2.75, 3.05) is 0 Å². The zero-order chi connectivity index (χ0) is 15.7. The molecule has 114 valence electrons. The molecule has 0 bridgehead atoms. The molecule has 2 aromatic carbocycles. The quantitative estimate of drug-likeness (QED) is 0.807. The van der Waals surface area contributed by atoms with E-state index in [1.807, 2.05) is 49.4 Å². The highest BCUT2D eigenvalue weighted by atomic mass is 32.2. The first-order valence-electron chi connectivity index (χ1n) is 7.32. The summed E-state index contributed by atoms with van der Waals surface area (Å²) in [4.78, 5) is 0.339. The SMILES string of the molecule is C=C[C@H]1C[C@@H](c2ccccc2)N1S(=O)(=O)c1ccc(C)cc1. The van der Waals surface area contributed by atoms with Crippen LogP contribution in [0, 0.1) is 6.92 Å². The van der Waals surface area contributed by atoms with Crippen LogP contribution in [-0.4, -0.2) is 18.8 Å². The second-order valence-corrected chi connectivity index (χ2v) is 7.46. The van der Waals surface area contributed by atoms with Gasteiger partial charge in [0.2, 0.25) is 10.0 Å². The van der Waals surface area contributed by atoms with Crippen LogP contribution in [0.15, 0.2) is 72.1 Å². The molecule has 1 heterocycles. The minimum Gasteiger partial charge on any atom is -0.207 e. The number of sulfonamides is 1. The maximum atomic E-state index is 13.0. The lowest BCUT2D eigenvalue weighted by Crippen LogP contribution is -2.52. The van der Waals surface area contributed by atoms with Gasteiger partial charge in [-0.15, -0.1) is 6.58 Å². The number of nitrogens with zero attached hydrogens (tertiary/aromatic N) is 1. The van der Waals surface area contributed by atoms with Crippen molar-refractivity contribution in [2.24, 2.45) is 0 Å². The standard InChI is InChI=1S/C18H19NO2S/c1-3-16-13-18(15-7-5-4-6-8-15)19(16)22(20,21)17-11-9-14(2)10-12-17/h3-12,16,18H,1,13H2,2H3/t16-,18-/m0/s1. The molecule has 4 heteroatoms. The number of benzene rings is 2. The van der Waals surface area contributed by atoms with Gasteiger partial charge in [0.25, 0.3) is 0 Å². The molecule has 0 saturated carbocycles. The molecule has 0 aliphatic carbocycles. The van der Waals surface area contributed by atoms with Crippen LogP contribution in [0.25, 0.3) is 0 Å². The molecule has 2 aromatic rings. The highest BCUT2D eigenvalue weighted by molar-refractivity contribution is 7.89. The molecule has 1 aliphatic heterocycles. The third-order valence-electron chi connectivity index (χ3n) is 4.15. The lowest BCUT2D eigenvalue weighted by molar-refractivity contribution is 0.146. The van der Waals surface area contributed by atoms with Crippen LogP contribution in [0.1, 0.15) is 23.6 Å². The van der Waals surface area contributed by atoms with Gasteiger partial charge in [-0.25, -0.2) is 8.42 Å². The predicted molar refractivity (Wildman–Crippen MR) is 88.0 cm³/mol. The lowest BCUT2D eigenvalue weighted by atomic mass is 9.91. The summed E-state index contributed by atoms with van der Waals surface area (Å²) in [5, 5.41) is 0. The molecule has 0 unspecified atom stereocenters. The van der Waals surface area contributed by atoms with E-state index in [2.05, 4.69) is 6.58 Å². The number of hydrogen-bond donors (Lipinski definition) is 0. The Balaban J connectivity index is 1.99. The van der Waals surface area contributed by atoms with Gasteiger partial charge in [0.15, 0.2) is 0 Å². The first-order valence-corrected chi connectivity index (χ1v) is 8.76. The third-order valence-corrected chi connectivity index (χ3v) is 6.10. The molecule has 0 aromatic heterocycles. The van der Waals surface area contributed by atoms with Crippen molar-refractivity contribution in [2.45, 2.75) is 30.3 Å². The fourth-order valence-electron chi connectivity index (χ4n) is 2.87. The smallest absolute Gasteiger partial charge is 0.207 e. The summed E-state index contributed by atoms with van der Waals surface area (Å²) in [5.74, 6) is 0. The number of hydrogen-bond acceptors (Lipinski definition) is 2. The molecular formula is C18H19NO2S. The van der Waals surface area contributed by atoms with Crippen molar-refractivity contribution in [1.29, 1.82) is 0 Å². The van der Waals surface area contributed by atoms with Gasteiger partial charge < -0.3 is 0 Å². The normalized spacial score (nSPS) is 22.0. The predicted octanol–water partition coefficient (Wildman–Crippen LogP) is 3.69. The molecule has 2 atom stereocenters. The van der Waals surface area contributed by atoms with Gasteiger partial charge in [0, 0.05) is 6.04 Å². The molecular weight excluding hydrogens is 294 g/mol. The highest BCUT2D eigenvalue weighted by Gasteiger charge is 2.45. The molecule has 3 rings (SSSR count). The molecule has 22 heavy (non-hydrogen) atoms. The van der Waals surface area contributed by atoms with E-state index >= 15 is 0 Å².